The summed E-state index contributed by atoms with van der Waals surface area (Å²) in [5.74, 6) is 1.03. The van der Waals surface area contributed by atoms with E-state index in [4.69, 9.17) is 15.5 Å². The van der Waals surface area contributed by atoms with Crippen molar-refractivity contribution in [2.45, 2.75) is 25.2 Å². The Kier molecular flexibility index (Phi) is 7.11. The highest BCUT2D eigenvalue weighted by molar-refractivity contribution is 5.97. The number of aliphatic hydroxyl groups excluding tert-OH is 2. The van der Waals surface area contributed by atoms with E-state index in [2.05, 4.69) is 24.7 Å². The molecule has 0 radical (unpaired) electrons. The summed E-state index contributed by atoms with van der Waals surface area (Å²) >= 11 is 0. The fourth-order valence-electron chi connectivity index (χ4n) is 5.04. The summed E-state index contributed by atoms with van der Waals surface area (Å²) in [4.78, 5) is 13.5. The van der Waals surface area contributed by atoms with Gasteiger partial charge in [0.25, 0.3) is 0 Å². The van der Waals surface area contributed by atoms with Crippen molar-refractivity contribution in [1.82, 2.24) is 19.4 Å². The molecule has 1 aliphatic heterocycles. The van der Waals surface area contributed by atoms with Crippen molar-refractivity contribution in [3.05, 3.63) is 54.4 Å². The standard InChI is InChI=1S/C28H35N7O3/c1-33(2)11-12-34(3)22-15-26(38-4)20(13-18(22)29)32-28-30-10-9-19(31-28)27-17-7-5-6-8-21(17)35-16-25(37)24(36)14-23(27)35/h5-10,13,15,24-25,36-37H,11-12,14,16,29H2,1-4H3,(H,30,31,32). The van der Waals surface area contributed by atoms with Crippen molar-refractivity contribution in [2.24, 2.45) is 0 Å². The number of benzene rings is 2. The fourth-order valence-corrected chi connectivity index (χ4v) is 5.04. The Labute approximate surface area is 222 Å². The van der Waals surface area contributed by atoms with Gasteiger partial charge in [0, 0.05) is 61.0 Å². The van der Waals surface area contributed by atoms with E-state index in [-0.39, 0.29) is 0 Å². The van der Waals surface area contributed by atoms with Crippen LogP contribution in [-0.2, 0) is 13.0 Å². The molecule has 38 heavy (non-hydrogen) atoms. The smallest absolute Gasteiger partial charge is 0.227 e. The predicted octanol–water partition coefficient (Wildman–Crippen LogP) is 2.71. The van der Waals surface area contributed by atoms with Crippen LogP contribution in [0.5, 0.6) is 5.75 Å². The van der Waals surface area contributed by atoms with E-state index in [9.17, 15) is 10.2 Å². The number of anilines is 4. The zero-order chi connectivity index (χ0) is 27.0. The number of likely N-dealkylation sites (N-methyl/N-ethyl adjacent to an activating group) is 2. The highest BCUT2D eigenvalue weighted by atomic mass is 16.5. The third-order valence-electron chi connectivity index (χ3n) is 7.10. The first-order valence-electron chi connectivity index (χ1n) is 12.7. The van der Waals surface area contributed by atoms with Gasteiger partial charge in [0.05, 0.1) is 48.6 Å². The molecule has 2 aromatic carbocycles. The number of hydrogen-bond donors (Lipinski definition) is 4. The van der Waals surface area contributed by atoms with E-state index >= 15 is 0 Å². The molecule has 5 rings (SSSR count). The van der Waals surface area contributed by atoms with Crippen molar-refractivity contribution < 1.29 is 14.9 Å². The average molecular weight is 518 g/mol. The summed E-state index contributed by atoms with van der Waals surface area (Å²) in [6.07, 6.45) is 0.408. The van der Waals surface area contributed by atoms with Crippen molar-refractivity contribution in [2.75, 3.05) is 57.3 Å². The Morgan fingerprint density at radius 2 is 1.89 bits per heavy atom. The van der Waals surface area contributed by atoms with E-state index in [1.807, 2.05) is 63.6 Å². The van der Waals surface area contributed by atoms with Crippen LogP contribution in [0.3, 0.4) is 0 Å². The first-order valence-corrected chi connectivity index (χ1v) is 12.7. The lowest BCUT2D eigenvalue weighted by Gasteiger charge is -2.27. The molecule has 1 aliphatic rings. The molecular weight excluding hydrogens is 482 g/mol. The number of nitrogen functional groups attached to an aromatic ring is 1. The van der Waals surface area contributed by atoms with E-state index in [0.717, 1.165) is 46.6 Å². The molecule has 10 heteroatoms. The zero-order valence-electron chi connectivity index (χ0n) is 22.2. The second-order valence-corrected chi connectivity index (χ2v) is 10.0. The number of aromatic nitrogens is 3. The van der Waals surface area contributed by atoms with Gasteiger partial charge in [0.1, 0.15) is 5.75 Å². The topological polar surface area (TPSA) is 125 Å². The Morgan fingerprint density at radius 3 is 2.66 bits per heavy atom. The zero-order valence-corrected chi connectivity index (χ0v) is 22.2. The molecule has 0 saturated heterocycles. The summed E-state index contributed by atoms with van der Waals surface area (Å²) in [6, 6.07) is 13.6. The molecule has 0 fully saturated rings. The number of hydrogen-bond acceptors (Lipinski definition) is 9. The van der Waals surface area contributed by atoms with Crippen molar-refractivity contribution in [3.8, 4) is 17.0 Å². The quantitative estimate of drug-likeness (QED) is 0.261. The predicted molar refractivity (Wildman–Crippen MR) is 151 cm³/mol. The summed E-state index contributed by atoms with van der Waals surface area (Å²) < 4.78 is 7.76. The van der Waals surface area contributed by atoms with Gasteiger partial charge >= 0.3 is 0 Å². The number of para-hydroxylation sites is 1. The van der Waals surface area contributed by atoms with Crippen LogP contribution in [0.4, 0.5) is 23.0 Å². The van der Waals surface area contributed by atoms with Gasteiger partial charge in [0.15, 0.2) is 0 Å². The fraction of sp³-hybridized carbons (Fsp3) is 0.357. The molecule has 0 bridgehead atoms. The van der Waals surface area contributed by atoms with E-state index in [1.54, 1.807) is 13.3 Å². The molecule has 10 nitrogen and oxygen atoms in total. The van der Waals surface area contributed by atoms with Gasteiger partial charge in [0.2, 0.25) is 5.95 Å². The molecule has 2 unspecified atom stereocenters. The summed E-state index contributed by atoms with van der Waals surface area (Å²) in [5, 5.41) is 25.0. The van der Waals surface area contributed by atoms with E-state index in [1.165, 1.54) is 0 Å². The maximum absolute atomic E-state index is 10.4. The lowest BCUT2D eigenvalue weighted by molar-refractivity contribution is -0.00156. The van der Waals surface area contributed by atoms with Crippen LogP contribution >= 0.6 is 0 Å². The van der Waals surface area contributed by atoms with Gasteiger partial charge in [-0.15, -0.1) is 0 Å². The molecule has 0 amide bonds. The van der Waals surface area contributed by atoms with Crippen molar-refractivity contribution in [1.29, 1.82) is 0 Å². The third kappa shape index (κ3) is 4.85. The minimum atomic E-state index is -0.827. The summed E-state index contributed by atoms with van der Waals surface area (Å²) in [5.41, 5.74) is 12.2. The Bertz CT molecular complexity index is 1450. The van der Waals surface area contributed by atoms with Gasteiger partial charge in [-0.1, -0.05) is 18.2 Å². The number of ether oxygens (including phenoxy) is 1. The van der Waals surface area contributed by atoms with Gasteiger partial charge in [-0.3, -0.25) is 0 Å². The monoisotopic (exact) mass is 517 g/mol. The van der Waals surface area contributed by atoms with Gasteiger partial charge < -0.3 is 40.4 Å². The van der Waals surface area contributed by atoms with Gasteiger partial charge in [-0.05, 0) is 32.3 Å². The molecular formula is C28H35N7O3. The van der Waals surface area contributed by atoms with Gasteiger partial charge in [-0.2, -0.15) is 0 Å². The van der Waals surface area contributed by atoms with Crippen LogP contribution in [-0.4, -0.2) is 83.2 Å². The number of rotatable bonds is 8. The number of nitrogens with zero attached hydrogens (tertiary/aromatic N) is 5. The van der Waals surface area contributed by atoms with E-state index in [0.29, 0.717) is 36.0 Å². The first kappa shape index (κ1) is 25.8. The lowest BCUT2D eigenvalue weighted by atomic mass is 9.99. The van der Waals surface area contributed by atoms with Crippen molar-refractivity contribution in [3.63, 3.8) is 0 Å². The molecule has 200 valence electrons. The average Bonchev–Trinajstić information content (AvgIpc) is 3.21. The Morgan fingerprint density at radius 1 is 1.11 bits per heavy atom. The maximum Gasteiger partial charge on any atom is 0.227 e. The van der Waals surface area contributed by atoms with Crippen LogP contribution in [0.1, 0.15) is 5.69 Å². The van der Waals surface area contributed by atoms with Gasteiger partial charge in [-0.25, -0.2) is 9.97 Å². The number of methoxy groups -OCH3 is 1. The Balaban J connectivity index is 1.50. The molecule has 4 aromatic rings. The normalized spacial score (nSPS) is 17.0. The number of nitrogens with one attached hydrogen (secondary N) is 1. The van der Waals surface area contributed by atoms with E-state index < -0.39 is 12.2 Å². The lowest BCUT2D eigenvalue weighted by Crippen LogP contribution is -2.37. The molecule has 0 aliphatic carbocycles. The van der Waals surface area contributed by atoms with Crippen LogP contribution in [0, 0.1) is 0 Å². The number of aliphatic hydroxyl groups is 2. The number of nitrogens with two attached hydrogens (primary N) is 1. The highest BCUT2D eigenvalue weighted by Gasteiger charge is 2.30. The van der Waals surface area contributed by atoms with Crippen LogP contribution in [0.15, 0.2) is 48.7 Å². The summed E-state index contributed by atoms with van der Waals surface area (Å²) in [7, 11) is 7.71. The molecule has 3 heterocycles. The van der Waals surface area contributed by atoms with Crippen LogP contribution < -0.4 is 20.7 Å². The number of fused-ring (bicyclic) bond motifs is 3. The Hall–Kier alpha value is -3.86. The minimum Gasteiger partial charge on any atom is -0.494 e. The first-order chi connectivity index (χ1) is 18.3. The molecule has 0 spiro atoms. The summed E-state index contributed by atoms with van der Waals surface area (Å²) in [6.45, 7) is 2.05. The second-order valence-electron chi connectivity index (χ2n) is 10.0. The highest BCUT2D eigenvalue weighted by Crippen LogP contribution is 2.39. The van der Waals surface area contributed by atoms with Crippen molar-refractivity contribution >= 4 is 33.9 Å². The third-order valence-corrected chi connectivity index (χ3v) is 7.10. The molecule has 2 aromatic heterocycles. The largest absolute Gasteiger partial charge is 0.494 e. The van der Waals surface area contributed by atoms with Crippen LogP contribution in [0.2, 0.25) is 0 Å². The molecule has 5 N–H and O–H groups in total. The van der Waals surface area contributed by atoms with Crippen LogP contribution in [0.25, 0.3) is 22.2 Å². The molecule has 2 atom stereocenters. The SMILES string of the molecule is COc1cc(N(C)CCN(C)C)c(N)cc1Nc1nccc(-c2c3n(c4ccccc24)CC(O)C(O)C3)n1. The second kappa shape index (κ2) is 10.5. The molecule has 0 saturated carbocycles. The minimum absolute atomic E-state index is 0.332. The maximum atomic E-state index is 10.4.